The van der Waals surface area contributed by atoms with Crippen LogP contribution in [0.2, 0.25) is 0 Å². The van der Waals surface area contributed by atoms with Crippen molar-refractivity contribution in [1.29, 1.82) is 0 Å². The molecule has 0 saturated carbocycles. The Morgan fingerprint density at radius 3 is 1.34 bits per heavy atom. The Morgan fingerprint density at radius 2 is 0.946 bits per heavy atom. The second-order valence-corrected chi connectivity index (χ2v) is 27.9. The fourth-order valence-electron chi connectivity index (χ4n) is 13.6. The van der Waals surface area contributed by atoms with Crippen molar-refractivity contribution in [2.75, 3.05) is 116 Å². The van der Waals surface area contributed by atoms with E-state index in [9.17, 15) is 14.4 Å². The summed E-state index contributed by atoms with van der Waals surface area (Å²) in [5, 5.41) is 26.0. The van der Waals surface area contributed by atoms with Gasteiger partial charge in [-0.1, -0.05) is 136 Å². The SMILES string of the molecule is CC[NH2+]CCO/N=C1/C(=C2/C(=O)Cc3ccc(Br)cc32)Nc2ccccc21.CN(C)C1CCN(CCO/N=C2/C(=C3/C(=O)Cc4ccc(Br)cc43)Nc3ccccc32)CC1.C[NH+](C)C1CC[NH+](CCO/N=C2/C(=C3/C(=O)Cc4ccc(Br)cc43)Nc3ccccc32)CC1. The molecule has 20 heteroatoms. The van der Waals surface area contributed by atoms with E-state index >= 15 is 0 Å². The fraction of sp³-hybridized carbons (Fsp3) is 0.342. The van der Waals surface area contributed by atoms with Gasteiger partial charge in [-0.25, -0.2) is 0 Å². The van der Waals surface area contributed by atoms with Crippen molar-refractivity contribution in [3.63, 3.8) is 0 Å². The quantitative estimate of drug-likeness (QED) is 0.0331. The van der Waals surface area contributed by atoms with Gasteiger partial charge in [-0.3, -0.25) is 19.3 Å². The smallest absolute Gasteiger partial charge is 0.170 e. The van der Waals surface area contributed by atoms with Gasteiger partial charge in [0.05, 0.1) is 73.6 Å². The number of oxime groups is 3. The zero-order valence-electron chi connectivity index (χ0n) is 53.4. The van der Waals surface area contributed by atoms with Gasteiger partial charge in [-0.05, 0) is 135 Å². The van der Waals surface area contributed by atoms with Crippen molar-refractivity contribution in [3.8, 4) is 0 Å². The molecule has 0 aromatic heterocycles. The summed E-state index contributed by atoms with van der Waals surface area (Å²) in [6.07, 6.45) is 6.14. The molecule has 2 fully saturated rings. The van der Waals surface area contributed by atoms with Gasteiger partial charge in [0, 0.05) is 91.9 Å². The minimum absolute atomic E-state index is 0.102. The van der Waals surface area contributed by atoms with Crippen LogP contribution in [0.4, 0.5) is 17.1 Å². The molecule has 8 aliphatic rings. The summed E-state index contributed by atoms with van der Waals surface area (Å²) in [6.45, 7) is 11.9. The molecule has 3 aliphatic carbocycles. The van der Waals surface area contributed by atoms with E-state index in [2.05, 4.69) is 129 Å². The minimum Gasteiger partial charge on any atom is -0.394 e. The maximum atomic E-state index is 13.0. The van der Waals surface area contributed by atoms with Gasteiger partial charge in [0.2, 0.25) is 0 Å². The van der Waals surface area contributed by atoms with Gasteiger partial charge in [0.1, 0.15) is 36.8 Å². The van der Waals surface area contributed by atoms with Crippen molar-refractivity contribution in [2.24, 2.45) is 15.5 Å². The number of benzene rings is 6. The van der Waals surface area contributed by atoms with Crippen LogP contribution < -0.4 is 31.1 Å². The Morgan fingerprint density at radius 1 is 0.548 bits per heavy atom. The monoisotopic (exact) mass is 1440 g/mol. The summed E-state index contributed by atoms with van der Waals surface area (Å²) in [7, 11) is 8.82. The molecule has 7 N–H and O–H groups in total. The number of quaternary nitrogens is 3. The summed E-state index contributed by atoms with van der Waals surface area (Å²) in [5.74, 6) is 0.321. The highest BCUT2D eigenvalue weighted by Crippen LogP contribution is 2.43. The number of hydrogen-bond acceptors (Lipinski definition) is 14. The molecular formula is C73H81Br3N11O6+3. The normalized spacial score (nSPS) is 22.4. The highest BCUT2D eigenvalue weighted by Gasteiger charge is 2.38. The van der Waals surface area contributed by atoms with Crippen molar-refractivity contribution >= 4 is 116 Å². The average molecular weight is 1450 g/mol. The van der Waals surface area contributed by atoms with E-state index in [0.29, 0.717) is 79.0 Å². The lowest BCUT2D eigenvalue weighted by Crippen LogP contribution is -3.18. The van der Waals surface area contributed by atoms with Gasteiger partial charge < -0.3 is 50.5 Å². The van der Waals surface area contributed by atoms with Gasteiger partial charge in [0.15, 0.2) is 30.6 Å². The molecule has 93 heavy (non-hydrogen) atoms. The number of allylic oxidation sites excluding steroid dienone is 6. The Balaban J connectivity index is 0.000000135. The number of carbonyl (C=O) groups excluding carboxylic acids is 3. The zero-order valence-corrected chi connectivity index (χ0v) is 58.2. The third kappa shape index (κ3) is 14.8. The van der Waals surface area contributed by atoms with Crippen LogP contribution in [-0.2, 0) is 48.2 Å². The molecule has 0 radical (unpaired) electrons. The Bertz CT molecular complexity index is 3870. The standard InChI is InChI=1S/2C26H29BrN4O2.C21H20BrN3O2/c2*1-30(2)19-9-11-31(12-10-19)13-14-33-29-25-20-5-3-4-6-22(20)28-26(25)24-21-16-18(27)8-7-17(21)15-23(24)32;1-2-23-9-10-27-25-20-15-5-3-4-6-17(15)24-21(20)19-16-12-14(22)8-7-13(16)11-18(19)26/h2*3-8,16,19,28H,9-15H2,1-2H3;3-8,12,23-24H,2,9-11H2,1H3/p+3/b2*26-24-,29-25+;21-19-,25-20+. The third-order valence-corrected chi connectivity index (χ3v) is 20.2. The number of likely N-dealkylation sites (N-methyl/N-ethyl adjacent to an activating group) is 1. The highest BCUT2D eigenvalue weighted by molar-refractivity contribution is 9.11. The van der Waals surface area contributed by atoms with Gasteiger partial charge in [-0.15, -0.1) is 0 Å². The molecule has 0 spiro atoms. The number of nitrogens with one attached hydrogen (secondary N) is 5. The molecule has 0 atom stereocenters. The van der Waals surface area contributed by atoms with Crippen molar-refractivity contribution in [1.82, 2.24) is 9.80 Å². The van der Waals surface area contributed by atoms with E-state index in [1.807, 2.05) is 127 Å². The third-order valence-electron chi connectivity index (χ3n) is 18.7. The van der Waals surface area contributed by atoms with Crippen LogP contribution >= 0.6 is 47.8 Å². The van der Waals surface area contributed by atoms with Crippen LogP contribution in [0, 0.1) is 0 Å². The number of rotatable bonds is 15. The first-order valence-corrected chi connectivity index (χ1v) is 34.8. The van der Waals surface area contributed by atoms with E-state index in [0.717, 1.165) is 143 Å². The van der Waals surface area contributed by atoms with Crippen molar-refractivity contribution in [3.05, 3.63) is 208 Å². The number of para-hydroxylation sites is 3. The second kappa shape index (κ2) is 29.9. The number of Topliss-reactive ketones (excluding diaryl/α,β-unsaturated/α-hetero) is 3. The molecule has 17 nitrogen and oxygen atoms in total. The van der Waals surface area contributed by atoms with E-state index in [4.69, 9.17) is 14.5 Å². The molecule has 482 valence electrons. The molecule has 6 aromatic rings. The molecule has 0 amide bonds. The number of anilines is 3. The molecular weight excluding hydrogens is 1370 g/mol. The van der Waals surface area contributed by atoms with E-state index in [1.54, 1.807) is 9.80 Å². The van der Waals surface area contributed by atoms with Crippen molar-refractivity contribution < 1.29 is 44.0 Å². The fourth-order valence-corrected chi connectivity index (χ4v) is 14.7. The molecule has 0 bridgehead atoms. The molecule has 5 aliphatic heterocycles. The van der Waals surface area contributed by atoms with E-state index in [1.165, 1.54) is 38.8 Å². The van der Waals surface area contributed by atoms with E-state index in [-0.39, 0.29) is 17.3 Å². The van der Waals surface area contributed by atoms with Crippen molar-refractivity contribution in [2.45, 2.75) is 64.0 Å². The summed E-state index contributed by atoms with van der Waals surface area (Å²) in [6, 6.07) is 43.4. The van der Waals surface area contributed by atoms with Crippen LogP contribution in [-0.4, -0.2) is 157 Å². The first-order chi connectivity index (χ1) is 45.2. The zero-order chi connectivity index (χ0) is 64.7. The lowest BCUT2D eigenvalue weighted by atomic mass is 10.0. The lowest BCUT2D eigenvalue weighted by Gasteiger charge is -2.34. The molecule has 5 heterocycles. The molecule has 0 unspecified atom stereocenters. The van der Waals surface area contributed by atoms with E-state index < -0.39 is 0 Å². The Hall–Kier alpha value is -7.40. The minimum atomic E-state index is 0.102. The van der Waals surface area contributed by atoms with Crippen LogP contribution in [0.25, 0.3) is 16.7 Å². The maximum Gasteiger partial charge on any atom is 0.170 e. The predicted molar refractivity (Wildman–Crippen MR) is 379 cm³/mol. The average Bonchev–Trinajstić information content (AvgIpc) is 1.80. The number of carbonyl (C=O) groups is 3. The number of hydrogen-bond donors (Lipinski definition) is 6. The number of halogens is 3. The highest BCUT2D eigenvalue weighted by atomic mass is 79.9. The van der Waals surface area contributed by atoms with Gasteiger partial charge in [0.25, 0.3) is 0 Å². The first-order valence-electron chi connectivity index (χ1n) is 32.4. The summed E-state index contributed by atoms with van der Waals surface area (Å²) < 4.78 is 2.87. The number of nitrogens with two attached hydrogens (primary N) is 1. The number of fused-ring (bicyclic) bond motifs is 6. The first kappa shape index (κ1) is 65.7. The lowest BCUT2D eigenvalue weighted by molar-refractivity contribution is -0.939. The summed E-state index contributed by atoms with van der Waals surface area (Å²) in [5.41, 5.74) is 18.2. The largest absolute Gasteiger partial charge is 0.394 e. The number of nitrogens with zero attached hydrogens (tertiary/aromatic N) is 5. The van der Waals surface area contributed by atoms with Crippen LogP contribution in [0.15, 0.2) is 173 Å². The predicted octanol–water partition coefficient (Wildman–Crippen LogP) is 8.20. The Labute approximate surface area is 569 Å². The van der Waals surface area contributed by atoms with Crippen LogP contribution in [0.1, 0.15) is 82.7 Å². The van der Waals surface area contributed by atoms with Crippen LogP contribution in [0.5, 0.6) is 0 Å². The number of likely N-dealkylation sites (tertiary alicyclic amines) is 2. The Kier molecular flexibility index (Phi) is 21.1. The maximum absolute atomic E-state index is 13.0. The van der Waals surface area contributed by atoms with Gasteiger partial charge in [-0.2, -0.15) is 0 Å². The summed E-state index contributed by atoms with van der Waals surface area (Å²) in [4.78, 5) is 64.0. The molecule has 6 aromatic carbocycles. The van der Waals surface area contributed by atoms with Crippen LogP contribution in [0.3, 0.4) is 0 Å². The summed E-state index contributed by atoms with van der Waals surface area (Å²) >= 11 is 10.6. The number of ketones is 3. The number of piperidine rings is 2. The molecule has 14 rings (SSSR count). The van der Waals surface area contributed by atoms with Gasteiger partial charge >= 0.3 is 0 Å². The molecule has 2 saturated heterocycles. The second-order valence-electron chi connectivity index (χ2n) is 25.2. The topological polar surface area (TPSA) is 184 Å².